The number of methoxy groups -OCH3 is 1. The molecule has 0 aromatic rings. The van der Waals surface area contributed by atoms with E-state index >= 15 is 0 Å². The Balaban J connectivity index is 1.35. The number of allylic oxidation sites excluding steroid dienone is 2. The number of piperazine rings is 1. The summed E-state index contributed by atoms with van der Waals surface area (Å²) >= 11 is 0. The lowest BCUT2D eigenvalue weighted by molar-refractivity contribution is -0.138. The minimum atomic E-state index is 0.140. The summed E-state index contributed by atoms with van der Waals surface area (Å²) in [4.78, 5) is 19.4. The number of likely N-dealkylation sites (tertiary alicyclic amines) is 1. The largest absolute Gasteiger partial charge is 0.375 e. The number of rotatable bonds is 4. The van der Waals surface area contributed by atoms with E-state index in [0.717, 1.165) is 50.2 Å². The predicted molar refractivity (Wildman–Crippen MR) is 98.3 cm³/mol. The van der Waals surface area contributed by atoms with Crippen molar-refractivity contribution >= 4 is 5.91 Å². The number of carbonyl (C=O) groups excluding carboxylic acids is 1. The van der Waals surface area contributed by atoms with Crippen LogP contribution in [-0.2, 0) is 9.53 Å². The second-order valence-corrected chi connectivity index (χ2v) is 8.74. The minimum Gasteiger partial charge on any atom is -0.375 e. The Morgan fingerprint density at radius 1 is 1.16 bits per heavy atom. The van der Waals surface area contributed by atoms with Gasteiger partial charge in [-0.2, -0.15) is 0 Å². The van der Waals surface area contributed by atoms with Crippen molar-refractivity contribution in [1.29, 1.82) is 0 Å². The maximum absolute atomic E-state index is 12.1. The number of ether oxygens (including phenoxy) is 1. The lowest BCUT2D eigenvalue weighted by Gasteiger charge is -2.53. The highest BCUT2D eigenvalue weighted by Gasteiger charge is 2.44. The number of hydrogen-bond acceptors (Lipinski definition) is 4. The van der Waals surface area contributed by atoms with Gasteiger partial charge in [-0.05, 0) is 50.5 Å². The van der Waals surface area contributed by atoms with Gasteiger partial charge in [0.25, 0.3) is 0 Å². The summed E-state index contributed by atoms with van der Waals surface area (Å²) in [6.07, 6.45) is 9.90. The van der Waals surface area contributed by atoms with E-state index in [1.165, 1.54) is 32.5 Å². The van der Waals surface area contributed by atoms with Crippen molar-refractivity contribution < 1.29 is 9.53 Å². The van der Waals surface area contributed by atoms with Gasteiger partial charge in [-0.1, -0.05) is 12.2 Å². The molecular formula is C20H33N3O2. The van der Waals surface area contributed by atoms with E-state index in [1.807, 2.05) is 4.90 Å². The Morgan fingerprint density at radius 3 is 2.60 bits per heavy atom. The van der Waals surface area contributed by atoms with Crippen LogP contribution in [0.15, 0.2) is 12.2 Å². The molecule has 0 N–H and O–H groups in total. The number of nitrogens with zero attached hydrogens (tertiary/aromatic N) is 3. The third kappa shape index (κ3) is 3.38. The maximum atomic E-state index is 12.1. The molecular weight excluding hydrogens is 314 g/mol. The molecule has 3 atom stereocenters. The van der Waals surface area contributed by atoms with Crippen LogP contribution in [0.4, 0.5) is 0 Å². The van der Waals surface area contributed by atoms with E-state index in [2.05, 4.69) is 29.0 Å². The fourth-order valence-corrected chi connectivity index (χ4v) is 5.66. The third-order valence-corrected chi connectivity index (χ3v) is 7.30. The first-order chi connectivity index (χ1) is 12.1. The lowest BCUT2D eigenvalue weighted by Crippen LogP contribution is -2.65. The molecule has 5 nitrogen and oxygen atoms in total. The van der Waals surface area contributed by atoms with Crippen LogP contribution in [0.3, 0.4) is 0 Å². The van der Waals surface area contributed by atoms with Gasteiger partial charge in [-0.15, -0.1) is 0 Å². The quantitative estimate of drug-likeness (QED) is 0.722. The first kappa shape index (κ1) is 17.5. The molecule has 0 radical (unpaired) electrons. The van der Waals surface area contributed by atoms with Crippen LogP contribution < -0.4 is 0 Å². The summed E-state index contributed by atoms with van der Waals surface area (Å²) in [7, 11) is 3.88. The number of piperidine rings is 1. The molecule has 2 aliphatic carbocycles. The zero-order valence-electron chi connectivity index (χ0n) is 15.8. The Bertz CT molecular complexity index is 527. The average Bonchev–Trinajstić information content (AvgIpc) is 3.22. The number of hydrogen-bond donors (Lipinski definition) is 0. The van der Waals surface area contributed by atoms with Crippen LogP contribution >= 0.6 is 0 Å². The summed E-state index contributed by atoms with van der Waals surface area (Å²) in [5.41, 5.74) is 0.259. The molecule has 140 valence electrons. The van der Waals surface area contributed by atoms with Gasteiger partial charge in [-0.3, -0.25) is 14.6 Å². The summed E-state index contributed by atoms with van der Waals surface area (Å²) in [5, 5.41) is 0. The van der Waals surface area contributed by atoms with E-state index < -0.39 is 0 Å². The highest BCUT2D eigenvalue weighted by molar-refractivity contribution is 5.77. The number of fused-ring (bicyclic) bond motifs is 2. The molecule has 0 aromatic carbocycles. The minimum absolute atomic E-state index is 0.140. The van der Waals surface area contributed by atoms with Crippen LogP contribution in [0.1, 0.15) is 25.7 Å². The first-order valence-electron chi connectivity index (χ1n) is 9.98. The highest BCUT2D eigenvalue weighted by atomic mass is 16.5. The number of likely N-dealkylation sites (N-methyl/N-ethyl adjacent to an activating group) is 1. The number of amides is 1. The standard InChI is InChI=1S/C20H33N3O2/c1-21-9-10-22(13-18-12-16-3-4-17(18)11-16)15-20(21)5-7-23(8-6-20)19(24)14-25-2/h3-4,16-18H,5-15H2,1-2H3/t16-,17+,18-/m0/s1. The van der Waals surface area contributed by atoms with E-state index in [4.69, 9.17) is 4.74 Å². The Labute approximate surface area is 152 Å². The Kier molecular flexibility index (Phi) is 4.91. The molecule has 0 aromatic heterocycles. The van der Waals surface area contributed by atoms with Crippen molar-refractivity contribution in [3.63, 3.8) is 0 Å². The maximum Gasteiger partial charge on any atom is 0.248 e. The molecule has 1 amide bonds. The zero-order chi connectivity index (χ0) is 17.4. The van der Waals surface area contributed by atoms with Crippen molar-refractivity contribution in [2.45, 2.75) is 31.2 Å². The summed E-state index contributed by atoms with van der Waals surface area (Å²) in [6.45, 7) is 6.76. The van der Waals surface area contributed by atoms with Crippen LogP contribution in [-0.4, -0.2) is 86.2 Å². The fraction of sp³-hybridized carbons (Fsp3) is 0.850. The van der Waals surface area contributed by atoms with Crippen LogP contribution in [0.25, 0.3) is 0 Å². The van der Waals surface area contributed by atoms with Crippen molar-refractivity contribution in [3.05, 3.63) is 12.2 Å². The van der Waals surface area contributed by atoms with E-state index in [-0.39, 0.29) is 18.1 Å². The molecule has 2 bridgehead atoms. The van der Waals surface area contributed by atoms with Crippen molar-refractivity contribution in [2.24, 2.45) is 17.8 Å². The normalized spacial score (nSPS) is 35.0. The van der Waals surface area contributed by atoms with Gasteiger partial charge in [0, 0.05) is 51.9 Å². The smallest absolute Gasteiger partial charge is 0.248 e. The van der Waals surface area contributed by atoms with E-state index in [1.54, 1.807) is 7.11 Å². The van der Waals surface area contributed by atoms with Gasteiger partial charge in [-0.25, -0.2) is 0 Å². The lowest BCUT2D eigenvalue weighted by atomic mass is 9.83. The molecule has 5 heteroatoms. The molecule has 25 heavy (non-hydrogen) atoms. The van der Waals surface area contributed by atoms with Crippen LogP contribution in [0, 0.1) is 17.8 Å². The Hall–Kier alpha value is -0.910. The average molecular weight is 348 g/mol. The number of carbonyl (C=O) groups is 1. The molecule has 3 fully saturated rings. The van der Waals surface area contributed by atoms with E-state index in [9.17, 15) is 4.79 Å². The summed E-state index contributed by atoms with van der Waals surface area (Å²) < 4.78 is 5.02. The van der Waals surface area contributed by atoms with Gasteiger partial charge < -0.3 is 9.64 Å². The van der Waals surface area contributed by atoms with Gasteiger partial charge in [0.15, 0.2) is 0 Å². The van der Waals surface area contributed by atoms with Crippen molar-refractivity contribution in [2.75, 3.05) is 60.0 Å². The van der Waals surface area contributed by atoms with Gasteiger partial charge >= 0.3 is 0 Å². The zero-order valence-corrected chi connectivity index (χ0v) is 15.8. The topological polar surface area (TPSA) is 36.0 Å². The monoisotopic (exact) mass is 347 g/mol. The molecule has 1 spiro atoms. The van der Waals surface area contributed by atoms with Gasteiger partial charge in [0.05, 0.1) is 0 Å². The molecule has 2 aliphatic heterocycles. The van der Waals surface area contributed by atoms with Crippen LogP contribution in [0.5, 0.6) is 0 Å². The molecule has 2 heterocycles. The fourth-order valence-electron chi connectivity index (χ4n) is 5.66. The first-order valence-corrected chi connectivity index (χ1v) is 9.98. The predicted octanol–water partition coefficient (Wildman–Crippen LogP) is 1.45. The van der Waals surface area contributed by atoms with E-state index in [0.29, 0.717) is 0 Å². The second kappa shape index (κ2) is 7.01. The molecule has 0 unspecified atom stereocenters. The van der Waals surface area contributed by atoms with Gasteiger partial charge in [0.1, 0.15) is 6.61 Å². The molecule has 4 rings (SSSR count). The van der Waals surface area contributed by atoms with Crippen LogP contribution in [0.2, 0.25) is 0 Å². The molecule has 2 saturated heterocycles. The van der Waals surface area contributed by atoms with Crippen molar-refractivity contribution in [1.82, 2.24) is 14.7 Å². The van der Waals surface area contributed by atoms with Crippen molar-refractivity contribution in [3.8, 4) is 0 Å². The van der Waals surface area contributed by atoms with Gasteiger partial charge in [0.2, 0.25) is 5.91 Å². The Morgan fingerprint density at radius 2 is 1.96 bits per heavy atom. The summed E-state index contributed by atoms with van der Waals surface area (Å²) in [6, 6.07) is 0. The SMILES string of the molecule is COCC(=O)N1CCC2(CC1)CN(C[C@@H]1C[C@H]3C=C[C@@H]1C3)CCN2C. The molecule has 4 aliphatic rings. The third-order valence-electron chi connectivity index (χ3n) is 7.30. The highest BCUT2D eigenvalue weighted by Crippen LogP contribution is 2.44. The molecule has 1 saturated carbocycles. The summed E-state index contributed by atoms with van der Waals surface area (Å²) in [5.74, 6) is 2.72. The second-order valence-electron chi connectivity index (χ2n) is 8.74.